The Labute approximate surface area is 187 Å². The van der Waals surface area contributed by atoms with Crippen LogP contribution in [-0.2, 0) is 19.7 Å². The summed E-state index contributed by atoms with van der Waals surface area (Å²) in [5.41, 5.74) is -2.70. The van der Waals surface area contributed by atoms with Crippen LogP contribution in [0.4, 0.5) is 13.2 Å². The Morgan fingerprint density at radius 1 is 0.938 bits per heavy atom. The fourth-order valence-corrected chi connectivity index (χ4v) is 2.60. The van der Waals surface area contributed by atoms with Crippen molar-refractivity contribution in [2.24, 2.45) is 5.10 Å². The zero-order valence-corrected chi connectivity index (χ0v) is 18.6. The summed E-state index contributed by atoms with van der Waals surface area (Å²) in [5, 5.41) is 6.41. The van der Waals surface area contributed by atoms with Gasteiger partial charge in [0, 0.05) is 23.2 Å². The van der Waals surface area contributed by atoms with Crippen LogP contribution in [0.2, 0.25) is 5.02 Å². The average Bonchev–Trinajstić information content (AvgIpc) is 2.75. The van der Waals surface area contributed by atoms with Crippen molar-refractivity contribution in [1.82, 2.24) is 10.7 Å². The van der Waals surface area contributed by atoms with Gasteiger partial charge in [-0.05, 0) is 36.4 Å². The molecule has 0 atom stereocenters. The van der Waals surface area contributed by atoms with Crippen LogP contribution < -0.4 is 14.9 Å². The van der Waals surface area contributed by atoms with Gasteiger partial charge < -0.3 is 9.50 Å². The normalized spacial score (nSPS) is 11.7. The van der Waals surface area contributed by atoms with E-state index in [1.807, 2.05) is 19.3 Å². The molecular formula is C19H19ClF3N3O5S. The van der Waals surface area contributed by atoms with Gasteiger partial charge in [0.1, 0.15) is 5.75 Å². The van der Waals surface area contributed by atoms with Gasteiger partial charge in [0.05, 0.1) is 5.71 Å². The maximum atomic E-state index is 12.4. The first-order valence-corrected chi connectivity index (χ1v) is 10.7. The Balaban J connectivity index is 0.00000249. The number of carbonyl (C=O) groups is 2. The van der Waals surface area contributed by atoms with Gasteiger partial charge in [-0.1, -0.05) is 37.6 Å². The van der Waals surface area contributed by atoms with Crippen molar-refractivity contribution in [1.29, 1.82) is 0 Å². The predicted octanol–water partition coefficient (Wildman–Crippen LogP) is 3.21. The van der Waals surface area contributed by atoms with Crippen LogP contribution in [0, 0.1) is 0 Å². The van der Waals surface area contributed by atoms with Crippen LogP contribution in [0.5, 0.6) is 5.75 Å². The number of amides is 2. The summed E-state index contributed by atoms with van der Waals surface area (Å²) in [6.45, 7) is 4.00. The van der Waals surface area contributed by atoms with Crippen LogP contribution >= 0.6 is 11.6 Å². The maximum Gasteiger partial charge on any atom is 0.534 e. The summed E-state index contributed by atoms with van der Waals surface area (Å²) in [4.78, 5) is 23.0. The third kappa shape index (κ3) is 7.24. The van der Waals surface area contributed by atoms with Crippen molar-refractivity contribution in [3.63, 3.8) is 0 Å². The summed E-state index contributed by atoms with van der Waals surface area (Å²) in [6.07, 6.45) is 0. The lowest BCUT2D eigenvalue weighted by Gasteiger charge is -2.11. The lowest BCUT2D eigenvalue weighted by molar-refractivity contribution is -0.138. The highest BCUT2D eigenvalue weighted by atomic mass is 35.5. The number of carbonyl (C=O) groups excluding carboxylic acids is 2. The number of hydrogen-bond acceptors (Lipinski definition) is 6. The van der Waals surface area contributed by atoms with E-state index in [-0.39, 0.29) is 11.3 Å². The minimum absolute atomic E-state index is 0.120. The molecule has 8 nitrogen and oxygen atoms in total. The summed E-state index contributed by atoms with van der Waals surface area (Å²) >= 11 is 5.84. The first-order valence-electron chi connectivity index (χ1n) is 8.91. The number of hydrazone groups is 1. The molecule has 0 spiro atoms. The van der Waals surface area contributed by atoms with E-state index in [1.54, 1.807) is 12.1 Å². The molecule has 0 fully saturated rings. The van der Waals surface area contributed by atoms with E-state index in [0.29, 0.717) is 10.6 Å². The fourth-order valence-electron chi connectivity index (χ4n) is 2.02. The molecule has 0 saturated carbocycles. The van der Waals surface area contributed by atoms with Gasteiger partial charge in [0.15, 0.2) is 0 Å². The summed E-state index contributed by atoms with van der Waals surface area (Å²) in [5.74, 6) is -2.59. The van der Waals surface area contributed by atoms with Crippen molar-refractivity contribution in [3.05, 3.63) is 64.7 Å². The molecule has 0 radical (unpaired) electrons. The standard InChI is InChI=1S/C17H13ClF3N3O5S.C2H6/c1-22-15(25)16(26)24-23-14(10-2-6-12(18)7-3-10)11-4-8-13(9-5-11)29-30(27,28)17(19,20)21;1-2/h2-9H,1H3,(H,22,25)(H,24,26);1-2H3/b23-14-;. The maximum absolute atomic E-state index is 12.4. The van der Waals surface area contributed by atoms with Crippen molar-refractivity contribution in [2.45, 2.75) is 19.4 Å². The van der Waals surface area contributed by atoms with E-state index in [0.717, 1.165) is 12.1 Å². The molecule has 2 rings (SSSR count). The van der Waals surface area contributed by atoms with E-state index in [4.69, 9.17) is 11.6 Å². The largest absolute Gasteiger partial charge is 0.534 e. The molecule has 0 aliphatic carbocycles. The Bertz CT molecular complexity index is 1070. The molecule has 0 aliphatic heterocycles. The molecule has 0 aliphatic rings. The van der Waals surface area contributed by atoms with Crippen LogP contribution in [0.15, 0.2) is 53.6 Å². The Hall–Kier alpha value is -3.12. The lowest BCUT2D eigenvalue weighted by Crippen LogP contribution is -2.36. The van der Waals surface area contributed by atoms with Crippen LogP contribution in [-0.4, -0.2) is 38.5 Å². The van der Waals surface area contributed by atoms with E-state index in [2.05, 4.69) is 14.6 Å². The fraction of sp³-hybridized carbons (Fsp3) is 0.211. The number of halogens is 4. The molecule has 32 heavy (non-hydrogen) atoms. The number of rotatable bonds is 5. The SMILES string of the molecule is CC.CNC(=O)C(=O)N/N=C(/c1ccc(Cl)cc1)c1ccc(OS(=O)(=O)C(F)(F)F)cc1. The molecule has 2 aromatic carbocycles. The van der Waals surface area contributed by atoms with Gasteiger partial charge >= 0.3 is 27.4 Å². The minimum Gasteiger partial charge on any atom is -0.376 e. The monoisotopic (exact) mass is 493 g/mol. The molecular weight excluding hydrogens is 475 g/mol. The smallest absolute Gasteiger partial charge is 0.376 e. The van der Waals surface area contributed by atoms with Gasteiger partial charge in [-0.15, -0.1) is 0 Å². The number of hydrogen-bond donors (Lipinski definition) is 2. The van der Waals surface area contributed by atoms with E-state index in [1.165, 1.54) is 31.3 Å². The highest BCUT2D eigenvalue weighted by Crippen LogP contribution is 2.27. The molecule has 0 unspecified atom stereocenters. The van der Waals surface area contributed by atoms with Crippen LogP contribution in [0.1, 0.15) is 25.0 Å². The van der Waals surface area contributed by atoms with Crippen LogP contribution in [0.25, 0.3) is 0 Å². The van der Waals surface area contributed by atoms with Gasteiger partial charge in [-0.25, -0.2) is 5.43 Å². The average molecular weight is 494 g/mol. The van der Waals surface area contributed by atoms with Gasteiger partial charge in [0.2, 0.25) is 0 Å². The Morgan fingerprint density at radius 3 is 1.84 bits per heavy atom. The Kier molecular flexibility index (Phi) is 9.66. The van der Waals surface area contributed by atoms with Crippen LogP contribution in [0.3, 0.4) is 0 Å². The molecule has 0 bridgehead atoms. The predicted molar refractivity (Wildman–Crippen MR) is 113 cm³/mol. The van der Waals surface area contributed by atoms with Gasteiger partial charge in [-0.2, -0.15) is 26.7 Å². The summed E-state index contributed by atoms with van der Waals surface area (Å²) < 4.78 is 63.5. The lowest BCUT2D eigenvalue weighted by atomic mass is 10.0. The van der Waals surface area contributed by atoms with E-state index in [9.17, 15) is 31.2 Å². The molecule has 2 amide bonds. The van der Waals surface area contributed by atoms with Crippen molar-refractivity contribution < 1.29 is 35.4 Å². The topological polar surface area (TPSA) is 114 Å². The molecule has 0 heterocycles. The first kappa shape index (κ1) is 26.9. The zero-order valence-electron chi connectivity index (χ0n) is 17.0. The Morgan fingerprint density at radius 2 is 1.41 bits per heavy atom. The highest BCUT2D eigenvalue weighted by Gasteiger charge is 2.48. The molecule has 2 N–H and O–H groups in total. The number of alkyl halides is 3. The van der Waals surface area contributed by atoms with Gasteiger partial charge in [-0.3, -0.25) is 9.59 Å². The molecule has 13 heteroatoms. The number of nitrogens with zero attached hydrogens (tertiary/aromatic N) is 1. The third-order valence-corrected chi connectivity index (χ3v) is 4.67. The molecule has 0 aromatic heterocycles. The second kappa shape index (κ2) is 11.5. The van der Waals surface area contributed by atoms with Crippen molar-refractivity contribution in [3.8, 4) is 5.75 Å². The van der Waals surface area contributed by atoms with Gasteiger partial charge in [0.25, 0.3) is 0 Å². The van der Waals surface area contributed by atoms with Crippen molar-refractivity contribution >= 4 is 39.2 Å². The number of nitrogens with one attached hydrogen (secondary N) is 2. The second-order valence-electron chi connectivity index (χ2n) is 5.49. The molecule has 0 saturated heterocycles. The van der Waals surface area contributed by atoms with Crippen molar-refractivity contribution in [2.75, 3.05) is 7.05 Å². The number of benzene rings is 2. The molecule has 174 valence electrons. The minimum atomic E-state index is -5.82. The van der Waals surface area contributed by atoms with E-state index >= 15 is 0 Å². The summed E-state index contributed by atoms with van der Waals surface area (Å²) in [7, 11) is -4.57. The van der Waals surface area contributed by atoms with E-state index < -0.39 is 33.2 Å². The quantitative estimate of drug-likeness (QED) is 0.218. The number of likely N-dealkylation sites (N-methyl/N-ethyl adjacent to an activating group) is 1. The second-order valence-corrected chi connectivity index (χ2v) is 7.47. The summed E-state index contributed by atoms with van der Waals surface area (Å²) in [6, 6.07) is 10.6. The first-order chi connectivity index (χ1) is 14.9. The molecule has 2 aromatic rings. The zero-order chi connectivity index (χ0) is 24.5. The third-order valence-electron chi connectivity index (χ3n) is 3.44. The highest BCUT2D eigenvalue weighted by molar-refractivity contribution is 7.88.